The number of anilines is 1. The number of nitrogens with one attached hydrogen (secondary N) is 1. The van der Waals surface area contributed by atoms with E-state index in [-0.39, 0.29) is 18.4 Å². The van der Waals surface area contributed by atoms with E-state index < -0.39 is 0 Å². The molecular weight excluding hydrogens is 349 g/mol. The highest BCUT2D eigenvalue weighted by atomic mass is 35.5. The maximum absolute atomic E-state index is 12.3. The number of hydrogen-bond donors (Lipinski definition) is 1. The monoisotopic (exact) mass is 371 g/mol. The summed E-state index contributed by atoms with van der Waals surface area (Å²) in [5, 5.41) is 3.41. The summed E-state index contributed by atoms with van der Waals surface area (Å²) in [5.74, 6) is -0.381. The minimum atomic E-state index is -0.322. The normalized spacial score (nSPS) is 15.6. The lowest BCUT2D eigenvalue weighted by atomic mass is 10.2. The van der Waals surface area contributed by atoms with Crippen molar-refractivity contribution >= 4 is 40.7 Å². The fourth-order valence-corrected chi connectivity index (χ4v) is 3.20. The molecule has 0 unspecified atom stereocenters. The third kappa shape index (κ3) is 5.65. The summed E-state index contributed by atoms with van der Waals surface area (Å²) in [4.78, 5) is 28.0. The number of nitrogens with zero attached hydrogens (tertiary/aromatic N) is 2. The molecule has 1 aliphatic heterocycles. The first-order chi connectivity index (χ1) is 11.5. The van der Waals surface area contributed by atoms with Crippen LogP contribution in [0.3, 0.4) is 0 Å². The average molecular weight is 372 g/mol. The number of rotatable bonds is 5. The first-order valence-corrected chi connectivity index (χ1v) is 8.93. The standard InChI is InChI=1S/C17H23Cl2N3O2/c1-21(16(24)12-22-9-4-2-3-5-10-22)11-15(23)20-17-13(18)7-6-8-14(17)19/h6-8H,2-5,9-12H2,1H3,(H,20,23). The Morgan fingerprint density at radius 1 is 1.12 bits per heavy atom. The zero-order valence-corrected chi connectivity index (χ0v) is 15.4. The third-order valence-electron chi connectivity index (χ3n) is 4.09. The molecule has 0 atom stereocenters. The maximum atomic E-state index is 12.3. The number of para-hydroxylation sites is 1. The Balaban J connectivity index is 1.85. The predicted octanol–water partition coefficient (Wildman–Crippen LogP) is 3.27. The molecule has 1 aliphatic rings. The summed E-state index contributed by atoms with van der Waals surface area (Å²) in [7, 11) is 1.63. The predicted molar refractivity (Wildman–Crippen MR) is 97.6 cm³/mol. The Kier molecular flexibility index (Phi) is 7.34. The number of hydrogen-bond acceptors (Lipinski definition) is 3. The summed E-state index contributed by atoms with van der Waals surface area (Å²) in [6, 6.07) is 5.01. The Hall–Kier alpha value is -1.30. The van der Waals surface area contributed by atoms with Crippen molar-refractivity contribution in [2.75, 3.05) is 38.5 Å². The van der Waals surface area contributed by atoms with Crippen molar-refractivity contribution < 1.29 is 9.59 Å². The molecule has 1 N–H and O–H groups in total. The van der Waals surface area contributed by atoms with Crippen LogP contribution in [0.1, 0.15) is 25.7 Å². The molecule has 1 aromatic rings. The van der Waals surface area contributed by atoms with E-state index in [4.69, 9.17) is 23.2 Å². The van der Waals surface area contributed by atoms with E-state index >= 15 is 0 Å². The zero-order chi connectivity index (χ0) is 17.5. The van der Waals surface area contributed by atoms with Crippen LogP contribution in [0.5, 0.6) is 0 Å². The quantitative estimate of drug-likeness (QED) is 0.863. The molecule has 1 aromatic carbocycles. The van der Waals surface area contributed by atoms with E-state index in [9.17, 15) is 9.59 Å². The molecular formula is C17H23Cl2N3O2. The van der Waals surface area contributed by atoms with E-state index in [1.165, 1.54) is 17.7 Å². The molecule has 2 amide bonds. The van der Waals surface area contributed by atoms with Crippen molar-refractivity contribution in [3.05, 3.63) is 28.2 Å². The van der Waals surface area contributed by atoms with Gasteiger partial charge in [0.25, 0.3) is 0 Å². The number of benzene rings is 1. The summed E-state index contributed by atoms with van der Waals surface area (Å²) >= 11 is 12.1. The molecule has 1 heterocycles. The zero-order valence-electron chi connectivity index (χ0n) is 13.9. The smallest absolute Gasteiger partial charge is 0.244 e. The third-order valence-corrected chi connectivity index (χ3v) is 4.72. The topological polar surface area (TPSA) is 52.7 Å². The van der Waals surface area contributed by atoms with Crippen LogP contribution in [0.15, 0.2) is 18.2 Å². The van der Waals surface area contributed by atoms with Crippen molar-refractivity contribution in [3.8, 4) is 0 Å². The molecule has 132 valence electrons. The summed E-state index contributed by atoms with van der Waals surface area (Å²) < 4.78 is 0. The van der Waals surface area contributed by atoms with Crippen molar-refractivity contribution in [1.29, 1.82) is 0 Å². The van der Waals surface area contributed by atoms with Crippen molar-refractivity contribution in [2.45, 2.75) is 25.7 Å². The number of carbonyl (C=O) groups is 2. The maximum Gasteiger partial charge on any atom is 0.244 e. The number of carbonyl (C=O) groups excluding carboxylic acids is 2. The van der Waals surface area contributed by atoms with Gasteiger partial charge < -0.3 is 10.2 Å². The Labute approximate surface area is 152 Å². The van der Waals surface area contributed by atoms with Gasteiger partial charge in [0.15, 0.2) is 0 Å². The number of amides is 2. The van der Waals surface area contributed by atoms with Gasteiger partial charge >= 0.3 is 0 Å². The van der Waals surface area contributed by atoms with Gasteiger partial charge in [0, 0.05) is 7.05 Å². The highest BCUT2D eigenvalue weighted by molar-refractivity contribution is 6.39. The van der Waals surface area contributed by atoms with E-state index in [0.29, 0.717) is 22.3 Å². The van der Waals surface area contributed by atoms with E-state index in [1.807, 2.05) is 0 Å². The number of likely N-dealkylation sites (N-methyl/N-ethyl adjacent to an activating group) is 1. The molecule has 1 saturated heterocycles. The number of likely N-dealkylation sites (tertiary alicyclic amines) is 1. The first-order valence-electron chi connectivity index (χ1n) is 8.17. The van der Waals surface area contributed by atoms with Gasteiger partial charge in [0.1, 0.15) is 0 Å². The highest BCUT2D eigenvalue weighted by Gasteiger charge is 2.18. The van der Waals surface area contributed by atoms with E-state index in [0.717, 1.165) is 25.9 Å². The number of halogens is 2. The second-order valence-corrected chi connectivity index (χ2v) is 6.90. The van der Waals surface area contributed by atoms with Gasteiger partial charge in [-0.15, -0.1) is 0 Å². The summed E-state index contributed by atoms with van der Waals surface area (Å²) in [5.41, 5.74) is 0.374. The van der Waals surface area contributed by atoms with Gasteiger partial charge in [-0.05, 0) is 38.1 Å². The molecule has 5 nitrogen and oxygen atoms in total. The fraction of sp³-hybridized carbons (Fsp3) is 0.529. The molecule has 0 aliphatic carbocycles. The minimum Gasteiger partial charge on any atom is -0.335 e. The molecule has 1 fully saturated rings. The first kappa shape index (κ1) is 19.0. The molecule has 0 saturated carbocycles. The van der Waals surface area contributed by atoms with Gasteiger partial charge in [0.2, 0.25) is 11.8 Å². The Morgan fingerprint density at radius 2 is 1.71 bits per heavy atom. The van der Waals surface area contributed by atoms with Crippen LogP contribution in [0, 0.1) is 0 Å². The molecule has 2 rings (SSSR count). The fourth-order valence-electron chi connectivity index (χ4n) is 2.71. The van der Waals surface area contributed by atoms with Crippen LogP contribution in [0.2, 0.25) is 10.0 Å². The van der Waals surface area contributed by atoms with Gasteiger partial charge in [0.05, 0.1) is 28.8 Å². The lowest BCUT2D eigenvalue weighted by Gasteiger charge is -2.23. The Bertz CT molecular complexity index is 567. The Morgan fingerprint density at radius 3 is 2.29 bits per heavy atom. The molecule has 0 radical (unpaired) electrons. The van der Waals surface area contributed by atoms with Crippen LogP contribution >= 0.6 is 23.2 Å². The molecule has 0 aromatic heterocycles. The second kappa shape index (κ2) is 9.25. The van der Waals surface area contributed by atoms with Crippen LogP contribution in [0.4, 0.5) is 5.69 Å². The molecule has 24 heavy (non-hydrogen) atoms. The molecule has 0 bridgehead atoms. The second-order valence-electron chi connectivity index (χ2n) is 6.08. The van der Waals surface area contributed by atoms with Crippen LogP contribution in [0.25, 0.3) is 0 Å². The summed E-state index contributed by atoms with van der Waals surface area (Å²) in [6.45, 7) is 2.22. The van der Waals surface area contributed by atoms with Crippen molar-refractivity contribution in [3.63, 3.8) is 0 Å². The van der Waals surface area contributed by atoms with Crippen molar-refractivity contribution in [2.24, 2.45) is 0 Å². The van der Waals surface area contributed by atoms with Gasteiger partial charge in [-0.1, -0.05) is 42.1 Å². The van der Waals surface area contributed by atoms with Gasteiger partial charge in [-0.2, -0.15) is 0 Å². The SMILES string of the molecule is CN(CC(=O)Nc1c(Cl)cccc1Cl)C(=O)CN1CCCCCC1. The van der Waals surface area contributed by atoms with Crippen molar-refractivity contribution in [1.82, 2.24) is 9.80 Å². The van der Waals surface area contributed by atoms with Crippen LogP contribution < -0.4 is 5.32 Å². The van der Waals surface area contributed by atoms with E-state index in [2.05, 4.69) is 10.2 Å². The molecule has 0 spiro atoms. The lowest BCUT2D eigenvalue weighted by molar-refractivity contribution is -0.134. The van der Waals surface area contributed by atoms with Gasteiger partial charge in [-0.25, -0.2) is 0 Å². The highest BCUT2D eigenvalue weighted by Crippen LogP contribution is 2.29. The van der Waals surface area contributed by atoms with Crippen LogP contribution in [-0.2, 0) is 9.59 Å². The largest absolute Gasteiger partial charge is 0.335 e. The average Bonchev–Trinajstić information content (AvgIpc) is 2.79. The van der Waals surface area contributed by atoms with Crippen LogP contribution in [-0.4, -0.2) is 54.8 Å². The lowest BCUT2D eigenvalue weighted by Crippen LogP contribution is -2.42. The molecule has 7 heteroatoms. The van der Waals surface area contributed by atoms with E-state index in [1.54, 1.807) is 25.2 Å². The summed E-state index contributed by atoms with van der Waals surface area (Å²) in [6.07, 6.45) is 4.70. The van der Waals surface area contributed by atoms with Gasteiger partial charge in [-0.3, -0.25) is 14.5 Å². The minimum absolute atomic E-state index is 0.0335.